The molecule has 17 unspecified atom stereocenters. The van der Waals surface area contributed by atoms with E-state index in [9.17, 15) is 61.0 Å². The number of unbranched alkanes of at least 4 members (excludes halogenated alkanes) is 24. The Morgan fingerprint density at radius 3 is 1.17 bits per heavy atom. The number of hydrogen-bond acceptors (Lipinski definition) is 18. The van der Waals surface area contributed by atoms with Crippen molar-refractivity contribution in [1.29, 1.82) is 0 Å². The molecule has 19 nitrogen and oxygen atoms in total. The Hall–Kier alpha value is -3.55. The maximum absolute atomic E-state index is 13.4. The molecule has 0 aromatic carbocycles. The zero-order valence-electron chi connectivity index (χ0n) is 58.6. The molecule has 19 heteroatoms. The molecule has 3 saturated heterocycles. The van der Waals surface area contributed by atoms with Crippen LogP contribution in [0.5, 0.6) is 0 Å². The summed E-state index contributed by atoms with van der Waals surface area (Å²) in [5, 5.41) is 121. The summed E-state index contributed by atoms with van der Waals surface area (Å²) in [5.41, 5.74) is 0. The highest BCUT2D eigenvalue weighted by molar-refractivity contribution is 5.76. The van der Waals surface area contributed by atoms with E-state index >= 15 is 0 Å². The van der Waals surface area contributed by atoms with Crippen LogP contribution in [0.25, 0.3) is 0 Å². The van der Waals surface area contributed by atoms with Gasteiger partial charge >= 0.3 is 0 Å². The molecule has 17 atom stereocenters. The number of hydrogen-bond donors (Lipinski definition) is 12. The van der Waals surface area contributed by atoms with Crippen molar-refractivity contribution in [2.75, 3.05) is 26.4 Å². The van der Waals surface area contributed by atoms with E-state index in [4.69, 9.17) is 28.4 Å². The number of ether oxygens (including phenoxy) is 6. The number of amides is 1. The van der Waals surface area contributed by atoms with Crippen LogP contribution in [-0.4, -0.2) is 193 Å². The van der Waals surface area contributed by atoms with Crippen molar-refractivity contribution in [1.82, 2.24) is 5.32 Å². The molecule has 0 aromatic rings. The van der Waals surface area contributed by atoms with Crippen molar-refractivity contribution < 1.29 is 89.4 Å². The molecule has 552 valence electrons. The molecule has 3 aliphatic heterocycles. The first-order chi connectivity index (χ1) is 46.8. The van der Waals surface area contributed by atoms with Crippen LogP contribution >= 0.6 is 0 Å². The van der Waals surface area contributed by atoms with E-state index in [1.807, 2.05) is 6.08 Å². The number of carbonyl (C=O) groups excluding carboxylic acids is 1. The average Bonchev–Trinajstić information content (AvgIpc) is 0.798. The summed E-state index contributed by atoms with van der Waals surface area (Å²) in [6.07, 6.45) is 50.7. The lowest BCUT2D eigenvalue weighted by atomic mass is 9.96. The van der Waals surface area contributed by atoms with Gasteiger partial charge in [-0.3, -0.25) is 4.79 Å². The fraction of sp³-hybridized carbons (Fsp3) is 0.753. The van der Waals surface area contributed by atoms with Crippen LogP contribution in [0.15, 0.2) is 109 Å². The van der Waals surface area contributed by atoms with Crippen molar-refractivity contribution in [3.63, 3.8) is 0 Å². The zero-order chi connectivity index (χ0) is 69.6. The molecule has 3 aliphatic rings. The van der Waals surface area contributed by atoms with E-state index in [-0.39, 0.29) is 18.9 Å². The largest absolute Gasteiger partial charge is 0.394 e. The smallest absolute Gasteiger partial charge is 0.220 e. The lowest BCUT2D eigenvalue weighted by Crippen LogP contribution is -2.66. The van der Waals surface area contributed by atoms with Gasteiger partial charge in [-0.1, -0.05) is 252 Å². The molecule has 0 bridgehead atoms. The highest BCUT2D eigenvalue weighted by atomic mass is 16.8. The van der Waals surface area contributed by atoms with Gasteiger partial charge in [0.2, 0.25) is 5.91 Å². The van der Waals surface area contributed by atoms with Gasteiger partial charge in [0.25, 0.3) is 0 Å². The van der Waals surface area contributed by atoms with E-state index in [0.29, 0.717) is 12.8 Å². The molecule has 0 saturated carbocycles. The van der Waals surface area contributed by atoms with Crippen molar-refractivity contribution in [2.24, 2.45) is 0 Å². The molecule has 0 aliphatic carbocycles. The fourth-order valence-electron chi connectivity index (χ4n) is 11.8. The molecule has 0 radical (unpaired) electrons. The van der Waals surface area contributed by atoms with E-state index < -0.39 is 124 Å². The van der Waals surface area contributed by atoms with Gasteiger partial charge in [-0.15, -0.1) is 0 Å². The maximum Gasteiger partial charge on any atom is 0.220 e. The standard InChI is InChI=1S/C77H131NO18/c1-3-5-7-9-11-13-15-17-19-21-22-23-24-25-26-27-28-29-30-31-32-33-34-35-36-37-38-39-41-43-45-47-49-51-53-55-65(83)78-60(61(82)54-52-50-48-46-44-42-40-20-18-16-14-12-10-8-6-4-2)59-91-75-71(89)68(86)73(63(57-80)93-75)96-77-72(90)69(87)74(64(58-81)94-77)95-76-70(88)67(85)66(84)62(56-79)92-76/h5,7,11,13,17,19,22-23,25-26,28-29,31-32,44,46,52,54,60-64,66-77,79-82,84-90H,3-4,6,8-10,12,14-16,18,20-21,24,27,30,33-43,45,47-51,53,55-59H2,1-2H3,(H,78,83)/b7-5-,13-11-,19-17-,23-22-,26-25-,29-28-,32-31-,46-44+,54-52+. The van der Waals surface area contributed by atoms with Crippen LogP contribution in [0.3, 0.4) is 0 Å². The van der Waals surface area contributed by atoms with Gasteiger partial charge in [0.1, 0.15) is 73.2 Å². The van der Waals surface area contributed by atoms with Gasteiger partial charge < -0.3 is 89.9 Å². The van der Waals surface area contributed by atoms with Gasteiger partial charge in [-0.2, -0.15) is 0 Å². The number of aliphatic hydroxyl groups excluding tert-OH is 11. The molecule has 12 N–H and O–H groups in total. The van der Waals surface area contributed by atoms with Crippen molar-refractivity contribution >= 4 is 5.91 Å². The van der Waals surface area contributed by atoms with Crippen LogP contribution < -0.4 is 5.32 Å². The minimum Gasteiger partial charge on any atom is -0.394 e. The highest BCUT2D eigenvalue weighted by Crippen LogP contribution is 2.33. The van der Waals surface area contributed by atoms with E-state index in [2.05, 4.69) is 116 Å². The van der Waals surface area contributed by atoms with Crippen LogP contribution in [-0.2, 0) is 33.2 Å². The fourth-order valence-corrected chi connectivity index (χ4v) is 11.8. The second kappa shape index (κ2) is 57.1. The Morgan fingerprint density at radius 2 is 0.729 bits per heavy atom. The number of rotatable bonds is 56. The zero-order valence-corrected chi connectivity index (χ0v) is 58.6. The first-order valence-corrected chi connectivity index (χ1v) is 37.1. The average molecular weight is 1360 g/mol. The summed E-state index contributed by atoms with van der Waals surface area (Å²) in [5.74, 6) is -0.290. The molecular weight excluding hydrogens is 1230 g/mol. The number of aliphatic hydroxyl groups is 11. The van der Waals surface area contributed by atoms with E-state index in [1.54, 1.807) is 6.08 Å². The van der Waals surface area contributed by atoms with Gasteiger partial charge in [-0.05, 0) is 89.9 Å². The highest BCUT2D eigenvalue weighted by Gasteiger charge is 2.53. The van der Waals surface area contributed by atoms with Crippen LogP contribution in [0.4, 0.5) is 0 Å². The second-order valence-electron chi connectivity index (χ2n) is 26.0. The van der Waals surface area contributed by atoms with E-state index in [1.165, 1.54) is 109 Å². The normalized spacial score (nSPS) is 27.7. The Labute approximate surface area is 576 Å². The number of nitrogens with one attached hydrogen (secondary N) is 1. The van der Waals surface area contributed by atoms with Gasteiger partial charge in [-0.25, -0.2) is 0 Å². The molecule has 0 spiro atoms. The number of allylic oxidation sites excluding steroid dienone is 17. The lowest BCUT2D eigenvalue weighted by Gasteiger charge is -2.48. The molecule has 1 amide bonds. The lowest BCUT2D eigenvalue weighted by molar-refractivity contribution is -0.379. The molecule has 96 heavy (non-hydrogen) atoms. The molecule has 3 fully saturated rings. The van der Waals surface area contributed by atoms with Crippen LogP contribution in [0, 0.1) is 0 Å². The Morgan fingerprint density at radius 1 is 0.385 bits per heavy atom. The topological polar surface area (TPSA) is 307 Å². The van der Waals surface area contributed by atoms with Crippen molar-refractivity contribution in [3.8, 4) is 0 Å². The predicted octanol–water partition coefficient (Wildman–Crippen LogP) is 11.0. The summed E-state index contributed by atoms with van der Waals surface area (Å²) < 4.78 is 34.3. The van der Waals surface area contributed by atoms with Gasteiger partial charge in [0.05, 0.1) is 38.6 Å². The Bertz CT molecular complexity index is 2160. The van der Waals surface area contributed by atoms with E-state index in [0.717, 1.165) is 96.3 Å². The summed E-state index contributed by atoms with van der Waals surface area (Å²) in [7, 11) is 0. The predicted molar refractivity (Wildman–Crippen MR) is 378 cm³/mol. The quantitative estimate of drug-likeness (QED) is 0.0199. The molecule has 3 heterocycles. The van der Waals surface area contributed by atoms with Crippen molar-refractivity contribution in [3.05, 3.63) is 109 Å². The maximum atomic E-state index is 13.4. The monoisotopic (exact) mass is 1360 g/mol. The van der Waals surface area contributed by atoms with Gasteiger partial charge in [0.15, 0.2) is 18.9 Å². The first kappa shape index (κ1) is 86.7. The molecular formula is C77H131NO18. The molecule has 3 rings (SSSR count). The summed E-state index contributed by atoms with van der Waals surface area (Å²) in [6.45, 7) is 1.59. The summed E-state index contributed by atoms with van der Waals surface area (Å²) in [6, 6.07) is -0.997. The first-order valence-electron chi connectivity index (χ1n) is 37.1. The third kappa shape index (κ3) is 37.8. The van der Waals surface area contributed by atoms with Gasteiger partial charge in [0, 0.05) is 6.42 Å². The third-order valence-electron chi connectivity index (χ3n) is 17.8. The Balaban J connectivity index is 1.37. The van der Waals surface area contributed by atoms with Crippen LogP contribution in [0.1, 0.15) is 239 Å². The minimum atomic E-state index is -1.99. The van der Waals surface area contributed by atoms with Crippen LogP contribution in [0.2, 0.25) is 0 Å². The second-order valence-corrected chi connectivity index (χ2v) is 26.0. The third-order valence-corrected chi connectivity index (χ3v) is 17.8. The Kier molecular flexibility index (Phi) is 51.6. The summed E-state index contributed by atoms with van der Waals surface area (Å²) in [4.78, 5) is 13.4. The van der Waals surface area contributed by atoms with Crippen molar-refractivity contribution in [2.45, 2.75) is 343 Å². The minimum absolute atomic E-state index is 0.228. The number of carbonyl (C=O) groups is 1. The SMILES string of the molecule is CC/C=C\C/C=C\C/C=C\C/C=C\C/C=C\C/C=C\C/C=C\CCCCCCCCCCCCCCCC(=O)NC(COC1OC(CO)C(OC2OC(CO)C(OC3OC(CO)C(O)C(O)C3O)C(O)C2O)C(O)C1O)C(O)/C=C/CC/C=C/CCCCCCCCCCCC. The summed E-state index contributed by atoms with van der Waals surface area (Å²) >= 11 is 0. The molecule has 0 aromatic heterocycles.